The molecule has 5 heterocycles. The van der Waals surface area contributed by atoms with Crippen LogP contribution < -0.4 is 10.7 Å². The fourth-order valence-corrected chi connectivity index (χ4v) is 9.44. The van der Waals surface area contributed by atoms with E-state index in [4.69, 9.17) is 4.74 Å². The van der Waals surface area contributed by atoms with Gasteiger partial charge >= 0.3 is 5.97 Å². The zero-order valence-corrected chi connectivity index (χ0v) is 42.6. The number of nitrogens with zero attached hydrogens (tertiary/aromatic N) is 5. The lowest BCUT2D eigenvalue weighted by atomic mass is 9.84. The van der Waals surface area contributed by atoms with E-state index in [1.165, 1.54) is 16.0 Å². The largest absolute Gasteiger partial charge is 0.508 e. The summed E-state index contributed by atoms with van der Waals surface area (Å²) in [5.41, 5.74) is 8.93. The first-order chi connectivity index (χ1) is 29.6. The minimum atomic E-state index is -1.15. The lowest BCUT2D eigenvalue weighted by molar-refractivity contribution is -0.155. The Labute approximate surface area is 416 Å². The number of nitrogens with one attached hydrogen (secondary N) is 2. The van der Waals surface area contributed by atoms with Crippen molar-refractivity contribution in [1.29, 1.82) is 0 Å². The molecule has 6 bridgehead atoms. The van der Waals surface area contributed by atoms with E-state index in [-0.39, 0.29) is 104 Å². The minimum Gasteiger partial charge on any atom is -0.508 e. The van der Waals surface area contributed by atoms with Crippen molar-refractivity contribution in [1.82, 2.24) is 35.1 Å². The van der Waals surface area contributed by atoms with Crippen LogP contribution in [0.15, 0.2) is 73.6 Å². The average molecular weight is 982 g/mol. The van der Waals surface area contributed by atoms with Crippen LogP contribution in [-0.2, 0) is 48.1 Å². The second-order valence-electron chi connectivity index (χ2n) is 18.1. The number of pyridine rings is 1. The lowest BCUT2D eigenvalue weighted by Crippen LogP contribution is -2.62. The summed E-state index contributed by atoms with van der Waals surface area (Å²) < 4.78 is 8.33. The number of hydrogen-bond donors (Lipinski definition) is 3. The topological polar surface area (TPSA) is 166 Å². The molecule has 2 aromatic carbocycles. The van der Waals surface area contributed by atoms with Gasteiger partial charge in [-0.25, -0.2) is 5.43 Å². The molecule has 3 N–H and O–H groups in total. The van der Waals surface area contributed by atoms with Gasteiger partial charge in [-0.15, -0.1) is 0 Å². The molecule has 14 nitrogen and oxygen atoms in total. The molecule has 7 rings (SSSR count). The van der Waals surface area contributed by atoms with Gasteiger partial charge in [0.25, 0.3) is 5.91 Å². The minimum absolute atomic E-state index is 0. The van der Waals surface area contributed by atoms with Crippen LogP contribution in [0.1, 0.15) is 65.0 Å². The van der Waals surface area contributed by atoms with Crippen LogP contribution in [0.2, 0.25) is 0 Å². The molecule has 4 atom stereocenters. The van der Waals surface area contributed by atoms with Gasteiger partial charge in [0.15, 0.2) is 0 Å². The molecular formula is C48H67N7O7S4. The van der Waals surface area contributed by atoms with Gasteiger partial charge in [0.05, 0.1) is 18.2 Å². The number of aryl methyl sites for hydroxylation is 1. The summed E-state index contributed by atoms with van der Waals surface area (Å²) in [5, 5.41) is 16.6. The molecule has 0 aliphatic carbocycles. The van der Waals surface area contributed by atoms with E-state index in [1.807, 2.05) is 38.2 Å². The Bertz CT molecular complexity index is 2400. The Hall–Kier alpha value is -4.62. The van der Waals surface area contributed by atoms with Gasteiger partial charge in [0.1, 0.15) is 23.9 Å². The normalized spacial score (nSPS) is 19.7. The lowest BCUT2D eigenvalue weighted by Gasteiger charge is -2.37. The number of cyclic esters (lactones) is 1. The molecule has 0 unspecified atom stereocenters. The number of hydrogen-bond acceptors (Lipinski definition) is 9. The number of likely N-dealkylation sites (N-methyl/N-ethyl adjacent to an activating group) is 1. The van der Waals surface area contributed by atoms with E-state index in [9.17, 15) is 29.1 Å². The summed E-state index contributed by atoms with van der Waals surface area (Å²) in [7, 11) is 1.58. The van der Waals surface area contributed by atoms with Gasteiger partial charge in [-0.05, 0) is 103 Å². The third kappa shape index (κ3) is 11.9. The van der Waals surface area contributed by atoms with E-state index in [2.05, 4.69) is 65.8 Å². The van der Waals surface area contributed by atoms with Crippen LogP contribution in [0.3, 0.4) is 0 Å². The highest BCUT2D eigenvalue weighted by Gasteiger charge is 2.40. The van der Waals surface area contributed by atoms with E-state index in [0.29, 0.717) is 44.3 Å². The van der Waals surface area contributed by atoms with Crippen LogP contribution in [0, 0.1) is 17.3 Å². The van der Waals surface area contributed by atoms with Crippen molar-refractivity contribution in [2.75, 3.05) is 33.3 Å². The summed E-state index contributed by atoms with van der Waals surface area (Å²) in [5.74, 6) is -2.80. The highest BCUT2D eigenvalue weighted by atomic mass is 32.1. The third-order valence-corrected chi connectivity index (χ3v) is 12.5. The van der Waals surface area contributed by atoms with Gasteiger partial charge in [0, 0.05) is 73.9 Å². The van der Waals surface area contributed by atoms with Crippen molar-refractivity contribution in [3.05, 3.63) is 84.7 Å². The first-order valence-corrected chi connectivity index (χ1v) is 21.7. The fraction of sp³-hybridized carbons (Fsp3) is 0.458. The van der Waals surface area contributed by atoms with Crippen LogP contribution in [-0.4, -0.2) is 110 Å². The van der Waals surface area contributed by atoms with Crippen molar-refractivity contribution in [3.63, 3.8) is 0 Å². The molecule has 0 radical (unpaired) electrons. The van der Waals surface area contributed by atoms with Crippen molar-refractivity contribution < 1.29 is 33.8 Å². The molecule has 0 spiro atoms. The van der Waals surface area contributed by atoms with Gasteiger partial charge in [0.2, 0.25) is 17.7 Å². The first kappa shape index (κ1) is 55.7. The van der Waals surface area contributed by atoms with Crippen molar-refractivity contribution in [2.24, 2.45) is 17.3 Å². The standard InChI is InChI=1S/C48H59N7O7.4H2S/c1-8-41(57)53-19-16-33(27-53)45(59)52(7)42(29(3)4)44(58)50-39-22-30-20-34(23-35(56)21-30)31-14-15-40-36(24-31)37(43(54(40)9-2)32-12-10-17-49-26-32)25-48(5,6)28-62-47(61)38-13-11-18-55(51-38)46(39)60;;;;/h8,10,12,14-15,17,20-21,23-24,26,29,33,38-39,42,51,56H,1,9,11,13,16,18-19,22,25,27-28H2,2-7H3,(H,50,58);4*1H2/t33-,38-,39-,42-;;;;/m0..../s1. The van der Waals surface area contributed by atoms with Crippen LogP contribution in [0.25, 0.3) is 33.3 Å². The monoisotopic (exact) mass is 981 g/mol. The second kappa shape index (κ2) is 23.4. The molecule has 4 aromatic rings. The van der Waals surface area contributed by atoms with Crippen molar-refractivity contribution >= 4 is 94.5 Å². The second-order valence-corrected chi connectivity index (χ2v) is 18.1. The highest BCUT2D eigenvalue weighted by Crippen LogP contribution is 2.40. The molecule has 3 aliphatic heterocycles. The van der Waals surface area contributed by atoms with Gasteiger partial charge in [-0.2, -0.15) is 54.0 Å². The molecule has 2 aromatic heterocycles. The number of phenolic OH excluding ortho intramolecular Hbond substituents is 1. The number of carbonyl (C=O) groups excluding carboxylic acids is 5. The summed E-state index contributed by atoms with van der Waals surface area (Å²) in [4.78, 5) is 76.4. The Morgan fingerprint density at radius 1 is 1.03 bits per heavy atom. The van der Waals surface area contributed by atoms with Gasteiger partial charge in [-0.1, -0.05) is 46.4 Å². The molecule has 0 saturated carbocycles. The number of aromatic hydroxyl groups is 1. The van der Waals surface area contributed by atoms with Gasteiger partial charge < -0.3 is 29.5 Å². The van der Waals surface area contributed by atoms with Crippen LogP contribution >= 0.6 is 54.0 Å². The summed E-state index contributed by atoms with van der Waals surface area (Å²) in [6.45, 7) is 15.3. The maximum Gasteiger partial charge on any atom is 0.324 e. The Kier molecular flexibility index (Phi) is 19.8. The molecule has 360 valence electrons. The number of rotatable bonds is 8. The maximum atomic E-state index is 14.6. The Morgan fingerprint density at radius 2 is 1.77 bits per heavy atom. The van der Waals surface area contributed by atoms with Gasteiger partial charge in [-0.3, -0.25) is 34.0 Å². The van der Waals surface area contributed by atoms with Crippen LogP contribution in [0.4, 0.5) is 0 Å². The quantitative estimate of drug-likeness (QED) is 0.148. The Morgan fingerprint density at radius 3 is 2.44 bits per heavy atom. The summed E-state index contributed by atoms with van der Waals surface area (Å²) >= 11 is 0. The van der Waals surface area contributed by atoms with Crippen molar-refractivity contribution in [3.8, 4) is 28.1 Å². The predicted octanol–water partition coefficient (Wildman–Crippen LogP) is 5.71. The number of carbonyl (C=O) groups is 5. The van der Waals surface area contributed by atoms with E-state index in [0.717, 1.165) is 38.9 Å². The summed E-state index contributed by atoms with van der Waals surface area (Å²) in [6, 6.07) is 12.5. The van der Waals surface area contributed by atoms with E-state index in [1.54, 1.807) is 30.3 Å². The van der Waals surface area contributed by atoms with E-state index >= 15 is 0 Å². The number of hydrazine groups is 1. The SMILES string of the molecule is C=CC(=O)N1CC[C@H](C(=O)N(C)[C@H](C(=O)N[C@H]2Cc3cc(O)cc(c3)-c3ccc4c(c3)c(c(-c3cccnc3)n4CC)CC(C)(C)COC(=O)[C@@H]3CCCN(N3)C2=O)C(C)C)C1.S.S.S.S. The number of likely N-dealkylation sites (tertiary alicyclic amines) is 1. The zero-order chi connectivity index (χ0) is 44.5. The number of benzene rings is 2. The molecule has 18 heteroatoms. The number of fused-ring (bicyclic) bond motifs is 6. The van der Waals surface area contributed by atoms with E-state index < -0.39 is 47.2 Å². The fourth-order valence-electron chi connectivity index (χ4n) is 9.44. The Balaban J connectivity index is 0.00000289. The number of aromatic nitrogens is 2. The molecule has 66 heavy (non-hydrogen) atoms. The molecular weight excluding hydrogens is 915 g/mol. The van der Waals surface area contributed by atoms with Crippen LogP contribution in [0.5, 0.6) is 5.75 Å². The number of ether oxygens (including phenoxy) is 1. The first-order valence-electron chi connectivity index (χ1n) is 21.7. The summed E-state index contributed by atoms with van der Waals surface area (Å²) in [6.07, 6.45) is 6.86. The third-order valence-electron chi connectivity index (χ3n) is 12.5. The molecule has 2 fully saturated rings. The maximum absolute atomic E-state index is 14.6. The molecule has 3 aliphatic rings. The smallest absolute Gasteiger partial charge is 0.324 e. The number of phenols is 1. The zero-order valence-electron chi connectivity index (χ0n) is 38.6. The highest BCUT2D eigenvalue weighted by molar-refractivity contribution is 7.59. The van der Waals surface area contributed by atoms with Crippen molar-refractivity contribution in [2.45, 2.75) is 91.4 Å². The predicted molar refractivity (Wildman–Crippen MR) is 278 cm³/mol. The number of amides is 4. The molecule has 2 saturated heterocycles. The molecule has 4 amide bonds. The number of esters is 1. The average Bonchev–Trinajstić information content (AvgIpc) is 3.87.